The fourth-order valence-electron chi connectivity index (χ4n) is 3.01. The van der Waals surface area contributed by atoms with Gasteiger partial charge in [-0.3, -0.25) is 19.3 Å². The van der Waals surface area contributed by atoms with Crippen LogP contribution < -0.4 is 4.74 Å². The second kappa shape index (κ2) is 6.09. The summed E-state index contributed by atoms with van der Waals surface area (Å²) in [5.74, 6) is 0.0927. The number of benzene rings is 1. The Labute approximate surface area is 145 Å². The number of halogens is 1. The highest BCUT2D eigenvalue weighted by Crippen LogP contribution is 2.27. The lowest BCUT2D eigenvalue weighted by Gasteiger charge is -2.45. The fraction of sp³-hybridized carbons (Fsp3) is 0.471. The molecule has 2 saturated heterocycles. The van der Waals surface area contributed by atoms with Crippen molar-refractivity contribution < 1.29 is 19.1 Å². The lowest BCUT2D eigenvalue weighted by Crippen LogP contribution is -2.65. The van der Waals surface area contributed by atoms with Crippen LogP contribution in [-0.2, 0) is 14.4 Å². The third-order valence-corrected chi connectivity index (χ3v) is 4.56. The van der Waals surface area contributed by atoms with Gasteiger partial charge >= 0.3 is 0 Å². The SMILES string of the molecule is CC(C)(Oc1ccc(Cl)cc1)C(=O)N1CC(N2C(=O)CCC2=O)C1. The van der Waals surface area contributed by atoms with E-state index < -0.39 is 5.60 Å². The van der Waals surface area contributed by atoms with E-state index in [0.29, 0.717) is 23.9 Å². The van der Waals surface area contributed by atoms with E-state index in [9.17, 15) is 14.4 Å². The molecule has 1 aromatic rings. The number of carbonyl (C=O) groups excluding carboxylic acids is 3. The first-order valence-electron chi connectivity index (χ1n) is 7.87. The van der Waals surface area contributed by atoms with Crippen molar-refractivity contribution in [2.24, 2.45) is 0 Å². The molecule has 0 aromatic heterocycles. The highest BCUT2D eigenvalue weighted by molar-refractivity contribution is 6.30. The van der Waals surface area contributed by atoms with E-state index in [1.807, 2.05) is 0 Å². The Bertz CT molecular complexity index is 664. The van der Waals surface area contributed by atoms with Gasteiger partial charge in [0.25, 0.3) is 5.91 Å². The molecule has 0 spiro atoms. The van der Waals surface area contributed by atoms with E-state index in [1.165, 1.54) is 4.90 Å². The Kier molecular flexibility index (Phi) is 4.25. The summed E-state index contributed by atoms with van der Waals surface area (Å²) in [6, 6.07) is 6.60. The van der Waals surface area contributed by atoms with Crippen LogP contribution in [0.3, 0.4) is 0 Å². The molecule has 128 valence electrons. The predicted molar refractivity (Wildman–Crippen MR) is 87.6 cm³/mol. The van der Waals surface area contributed by atoms with Gasteiger partial charge in [-0.2, -0.15) is 0 Å². The Morgan fingerprint density at radius 1 is 1.12 bits per heavy atom. The van der Waals surface area contributed by atoms with E-state index in [2.05, 4.69) is 0 Å². The van der Waals surface area contributed by atoms with Crippen molar-refractivity contribution in [2.45, 2.75) is 38.3 Å². The molecule has 2 aliphatic rings. The van der Waals surface area contributed by atoms with Gasteiger partial charge in [0.2, 0.25) is 11.8 Å². The molecule has 0 unspecified atom stereocenters. The first-order valence-corrected chi connectivity index (χ1v) is 8.24. The van der Waals surface area contributed by atoms with E-state index >= 15 is 0 Å². The van der Waals surface area contributed by atoms with Gasteiger partial charge in [-0.1, -0.05) is 11.6 Å². The molecule has 7 heteroatoms. The number of ether oxygens (including phenoxy) is 1. The van der Waals surface area contributed by atoms with Crippen LogP contribution in [0.25, 0.3) is 0 Å². The van der Waals surface area contributed by atoms with Crippen molar-refractivity contribution in [1.82, 2.24) is 9.80 Å². The highest BCUT2D eigenvalue weighted by atomic mass is 35.5. The zero-order chi connectivity index (χ0) is 17.5. The first-order chi connectivity index (χ1) is 11.3. The van der Waals surface area contributed by atoms with Gasteiger partial charge in [0.15, 0.2) is 5.60 Å². The minimum absolute atomic E-state index is 0.145. The smallest absolute Gasteiger partial charge is 0.266 e. The molecule has 0 aliphatic carbocycles. The molecule has 6 nitrogen and oxygen atoms in total. The number of imide groups is 1. The molecule has 2 fully saturated rings. The van der Waals surface area contributed by atoms with Crippen LogP contribution >= 0.6 is 11.6 Å². The molecular weight excluding hydrogens is 332 g/mol. The monoisotopic (exact) mass is 350 g/mol. The van der Waals surface area contributed by atoms with E-state index in [-0.39, 0.29) is 36.6 Å². The Hall–Kier alpha value is -2.08. The molecule has 3 amide bonds. The van der Waals surface area contributed by atoms with E-state index in [1.54, 1.807) is 43.0 Å². The third-order valence-electron chi connectivity index (χ3n) is 4.31. The Morgan fingerprint density at radius 2 is 1.67 bits per heavy atom. The molecule has 0 bridgehead atoms. The maximum Gasteiger partial charge on any atom is 0.266 e. The van der Waals surface area contributed by atoms with Crippen molar-refractivity contribution in [2.75, 3.05) is 13.1 Å². The molecular formula is C17H19ClN2O4. The van der Waals surface area contributed by atoms with E-state index in [0.717, 1.165) is 0 Å². The van der Waals surface area contributed by atoms with Gasteiger partial charge in [-0.15, -0.1) is 0 Å². The second-order valence-corrected chi connectivity index (χ2v) is 7.02. The molecule has 3 rings (SSSR count). The second-order valence-electron chi connectivity index (χ2n) is 6.59. The summed E-state index contributed by atoms with van der Waals surface area (Å²) < 4.78 is 5.78. The van der Waals surface area contributed by atoms with Crippen molar-refractivity contribution in [1.29, 1.82) is 0 Å². The molecule has 2 aliphatic heterocycles. The molecule has 0 atom stereocenters. The predicted octanol–water partition coefficient (Wildman–Crippen LogP) is 1.86. The summed E-state index contributed by atoms with van der Waals surface area (Å²) in [6.45, 7) is 4.13. The molecule has 2 heterocycles. The Balaban J connectivity index is 1.59. The third kappa shape index (κ3) is 3.11. The van der Waals surface area contributed by atoms with Crippen molar-refractivity contribution >= 4 is 29.3 Å². The lowest BCUT2D eigenvalue weighted by molar-refractivity contribution is -0.159. The van der Waals surface area contributed by atoms with Crippen LogP contribution in [0.5, 0.6) is 5.75 Å². The molecule has 0 radical (unpaired) electrons. The maximum absolute atomic E-state index is 12.6. The number of amides is 3. The lowest BCUT2D eigenvalue weighted by atomic mass is 10.0. The van der Waals surface area contributed by atoms with Crippen LogP contribution in [-0.4, -0.2) is 52.3 Å². The van der Waals surface area contributed by atoms with Gasteiger partial charge in [-0.25, -0.2) is 0 Å². The maximum atomic E-state index is 12.6. The average molecular weight is 351 g/mol. The zero-order valence-corrected chi connectivity index (χ0v) is 14.4. The van der Waals surface area contributed by atoms with Crippen molar-refractivity contribution in [3.63, 3.8) is 0 Å². The summed E-state index contributed by atoms with van der Waals surface area (Å²) in [5, 5.41) is 0.594. The Morgan fingerprint density at radius 3 is 2.21 bits per heavy atom. The zero-order valence-electron chi connectivity index (χ0n) is 13.6. The van der Waals surface area contributed by atoms with Crippen LogP contribution in [0.4, 0.5) is 0 Å². The molecule has 24 heavy (non-hydrogen) atoms. The van der Waals surface area contributed by atoms with Gasteiger partial charge in [0.1, 0.15) is 5.75 Å². The van der Waals surface area contributed by atoms with Gasteiger partial charge < -0.3 is 9.64 Å². The number of hydrogen-bond acceptors (Lipinski definition) is 4. The fourth-order valence-corrected chi connectivity index (χ4v) is 3.13. The van der Waals surface area contributed by atoms with Crippen molar-refractivity contribution in [3.05, 3.63) is 29.3 Å². The van der Waals surface area contributed by atoms with Crippen LogP contribution in [0.2, 0.25) is 5.02 Å². The number of likely N-dealkylation sites (tertiary alicyclic amines) is 2. The summed E-state index contributed by atoms with van der Waals surface area (Å²) in [6.07, 6.45) is 0.545. The minimum Gasteiger partial charge on any atom is -0.478 e. The average Bonchev–Trinajstić information content (AvgIpc) is 2.80. The van der Waals surface area contributed by atoms with E-state index in [4.69, 9.17) is 16.3 Å². The number of nitrogens with zero attached hydrogens (tertiary/aromatic N) is 2. The van der Waals surface area contributed by atoms with Crippen LogP contribution in [0.1, 0.15) is 26.7 Å². The standard InChI is InChI=1S/C17H19ClN2O4/c1-17(2,24-13-5-3-11(18)4-6-13)16(23)19-9-12(10-19)20-14(21)7-8-15(20)22/h3-6,12H,7-10H2,1-2H3. The van der Waals surface area contributed by atoms with Gasteiger partial charge in [-0.05, 0) is 38.1 Å². The quantitative estimate of drug-likeness (QED) is 0.777. The topological polar surface area (TPSA) is 66.9 Å². The number of rotatable bonds is 4. The van der Waals surface area contributed by atoms with Crippen molar-refractivity contribution in [3.8, 4) is 5.75 Å². The van der Waals surface area contributed by atoms with Crippen LogP contribution in [0, 0.1) is 0 Å². The largest absolute Gasteiger partial charge is 0.478 e. The number of hydrogen-bond donors (Lipinski definition) is 0. The molecule has 0 N–H and O–H groups in total. The van der Waals surface area contributed by atoms with Gasteiger partial charge in [0.05, 0.1) is 6.04 Å². The summed E-state index contributed by atoms with van der Waals surface area (Å²) >= 11 is 5.84. The minimum atomic E-state index is -1.04. The molecule has 1 aromatic carbocycles. The highest BCUT2D eigenvalue weighted by Gasteiger charge is 2.46. The summed E-state index contributed by atoms with van der Waals surface area (Å²) in [5.41, 5.74) is -1.04. The normalized spacial score (nSPS) is 18.8. The summed E-state index contributed by atoms with van der Waals surface area (Å²) in [4.78, 5) is 39.0. The van der Waals surface area contributed by atoms with Gasteiger partial charge in [0, 0.05) is 31.0 Å². The van der Waals surface area contributed by atoms with Crippen LogP contribution in [0.15, 0.2) is 24.3 Å². The number of carbonyl (C=O) groups is 3. The molecule has 0 saturated carbocycles. The first kappa shape index (κ1) is 16.8. The summed E-state index contributed by atoms with van der Waals surface area (Å²) in [7, 11) is 0.